The molecule has 17 heavy (non-hydrogen) atoms. The van der Waals surface area contributed by atoms with Crippen LogP contribution < -0.4 is 5.73 Å². The Morgan fingerprint density at radius 3 is 2.41 bits per heavy atom. The largest absolute Gasteiger partial charge is 0.508 e. The van der Waals surface area contributed by atoms with Gasteiger partial charge in [0.2, 0.25) is 0 Å². The first-order valence-electron chi connectivity index (χ1n) is 5.37. The molecule has 2 aromatic rings. The summed E-state index contributed by atoms with van der Waals surface area (Å²) >= 11 is 0. The molecule has 0 saturated heterocycles. The van der Waals surface area contributed by atoms with Gasteiger partial charge in [-0.1, -0.05) is 42.5 Å². The zero-order valence-electron chi connectivity index (χ0n) is 9.30. The zero-order chi connectivity index (χ0) is 12.3. The maximum absolute atomic E-state index is 9.38. The maximum Gasteiger partial charge on any atom is 0.116 e. The molecule has 2 rings (SSSR count). The molecule has 2 aromatic carbocycles. The van der Waals surface area contributed by atoms with Crippen LogP contribution in [0.5, 0.6) is 5.75 Å². The molecule has 0 spiro atoms. The Labute approximate surface area is 100 Å². The molecule has 0 aromatic heterocycles. The van der Waals surface area contributed by atoms with E-state index >= 15 is 0 Å². The van der Waals surface area contributed by atoms with Gasteiger partial charge in [-0.2, -0.15) is 0 Å². The summed E-state index contributed by atoms with van der Waals surface area (Å²) in [6.45, 7) is 0. The molecule has 3 heteroatoms. The topological polar surface area (TPSA) is 70.1 Å². The lowest BCUT2D eigenvalue weighted by atomic mass is 9.97. The van der Waals surface area contributed by atoms with Gasteiger partial charge in [-0.3, -0.25) is 0 Å². The van der Waals surface area contributed by atoms with Gasteiger partial charge in [-0.05, 0) is 17.7 Å². The minimum Gasteiger partial charge on any atom is -0.508 e. The minimum atomic E-state index is -0.474. The van der Waals surface area contributed by atoms with Crippen molar-refractivity contribution in [1.82, 2.24) is 0 Å². The molecule has 86 valence electrons. The van der Waals surface area contributed by atoms with E-state index in [2.05, 4.69) is 0 Å². The highest BCUT2D eigenvalue weighted by molar-refractivity contribution is 6.02. The summed E-state index contributed by atoms with van der Waals surface area (Å²) in [4.78, 5) is 0. The highest BCUT2D eigenvalue weighted by Crippen LogP contribution is 2.18. The molecule has 1 atom stereocenters. The summed E-state index contributed by atoms with van der Waals surface area (Å²) in [7, 11) is 0. The summed E-state index contributed by atoms with van der Waals surface area (Å²) in [5.74, 6) is 0.146. The normalized spacial score (nSPS) is 12.1. The maximum atomic E-state index is 9.38. The van der Waals surface area contributed by atoms with Gasteiger partial charge >= 0.3 is 0 Å². The molecule has 0 amide bonds. The van der Waals surface area contributed by atoms with E-state index in [9.17, 15) is 5.11 Å². The average Bonchev–Trinajstić information content (AvgIpc) is 2.38. The van der Waals surface area contributed by atoms with Gasteiger partial charge in [-0.15, -0.1) is 0 Å². The monoisotopic (exact) mass is 226 g/mol. The second-order valence-corrected chi connectivity index (χ2v) is 3.85. The van der Waals surface area contributed by atoms with Crippen LogP contribution in [0.25, 0.3) is 0 Å². The lowest BCUT2D eigenvalue weighted by Crippen LogP contribution is -2.21. The van der Waals surface area contributed by atoms with E-state index in [4.69, 9.17) is 11.1 Å². The van der Waals surface area contributed by atoms with Gasteiger partial charge in [0, 0.05) is 5.56 Å². The van der Waals surface area contributed by atoms with Crippen LogP contribution in [0.2, 0.25) is 0 Å². The number of rotatable bonds is 3. The first-order valence-corrected chi connectivity index (χ1v) is 5.37. The van der Waals surface area contributed by atoms with Gasteiger partial charge in [0.25, 0.3) is 0 Å². The van der Waals surface area contributed by atoms with Gasteiger partial charge in [-0.25, -0.2) is 0 Å². The molecule has 1 unspecified atom stereocenters. The Morgan fingerprint density at radius 2 is 1.76 bits per heavy atom. The fourth-order valence-corrected chi connectivity index (χ4v) is 1.68. The van der Waals surface area contributed by atoms with Crippen molar-refractivity contribution in [2.45, 2.75) is 6.04 Å². The summed E-state index contributed by atoms with van der Waals surface area (Å²) in [6, 6.07) is 15.6. The smallest absolute Gasteiger partial charge is 0.116 e. The first-order chi connectivity index (χ1) is 8.18. The number of nitrogens with two attached hydrogens (primary N) is 1. The molecule has 0 fully saturated rings. The van der Waals surface area contributed by atoms with E-state index in [-0.39, 0.29) is 5.75 Å². The van der Waals surface area contributed by atoms with Crippen LogP contribution in [-0.2, 0) is 0 Å². The van der Waals surface area contributed by atoms with Crippen LogP contribution in [-0.4, -0.2) is 10.8 Å². The third-order valence-electron chi connectivity index (χ3n) is 2.63. The molecule has 0 heterocycles. The van der Waals surface area contributed by atoms with E-state index in [1.807, 2.05) is 30.3 Å². The van der Waals surface area contributed by atoms with Gasteiger partial charge in [0.15, 0.2) is 0 Å². The average molecular weight is 226 g/mol. The number of phenols is 1. The Kier molecular flexibility index (Phi) is 3.21. The van der Waals surface area contributed by atoms with Crippen molar-refractivity contribution < 1.29 is 5.11 Å². The number of aromatic hydroxyl groups is 1. The van der Waals surface area contributed by atoms with Crippen LogP contribution in [0.1, 0.15) is 17.2 Å². The lowest BCUT2D eigenvalue weighted by molar-refractivity contribution is 0.475. The van der Waals surface area contributed by atoms with Crippen molar-refractivity contribution in [1.29, 1.82) is 5.41 Å². The molecule has 0 aliphatic heterocycles. The highest BCUT2D eigenvalue weighted by Gasteiger charge is 2.13. The molecule has 4 N–H and O–H groups in total. The number of hydrogen-bond acceptors (Lipinski definition) is 3. The summed E-state index contributed by atoms with van der Waals surface area (Å²) in [5.41, 5.74) is 7.84. The minimum absolute atomic E-state index is 0.146. The number of benzene rings is 2. The predicted molar refractivity (Wildman–Crippen MR) is 68.3 cm³/mol. The Morgan fingerprint density at radius 1 is 1.06 bits per heavy atom. The molecule has 0 saturated carbocycles. The van der Waals surface area contributed by atoms with Crippen LogP contribution in [0.3, 0.4) is 0 Å². The van der Waals surface area contributed by atoms with Crippen LogP contribution in [0.4, 0.5) is 0 Å². The van der Waals surface area contributed by atoms with E-state index < -0.39 is 6.04 Å². The van der Waals surface area contributed by atoms with Crippen LogP contribution >= 0.6 is 0 Å². The van der Waals surface area contributed by atoms with Crippen molar-refractivity contribution in [2.75, 3.05) is 0 Å². The molecule has 3 nitrogen and oxygen atoms in total. The van der Waals surface area contributed by atoms with Crippen molar-refractivity contribution in [3.8, 4) is 5.75 Å². The summed E-state index contributed by atoms with van der Waals surface area (Å²) in [6.07, 6.45) is 0. The Bertz CT molecular complexity index is 523. The van der Waals surface area contributed by atoms with E-state index in [0.29, 0.717) is 11.3 Å². The fraction of sp³-hybridized carbons (Fsp3) is 0.0714. The quantitative estimate of drug-likeness (QED) is 0.703. The van der Waals surface area contributed by atoms with Gasteiger partial charge in [0.1, 0.15) is 5.75 Å². The molecule has 0 aliphatic carbocycles. The number of phenolic OH excluding ortho intramolecular Hbond substituents is 1. The number of nitrogens with one attached hydrogen (secondary N) is 1. The van der Waals surface area contributed by atoms with Crippen molar-refractivity contribution >= 4 is 5.71 Å². The molecular weight excluding hydrogens is 212 g/mol. The van der Waals surface area contributed by atoms with Crippen LogP contribution in [0.15, 0.2) is 54.6 Å². The van der Waals surface area contributed by atoms with Crippen LogP contribution in [0, 0.1) is 5.41 Å². The summed E-state index contributed by atoms with van der Waals surface area (Å²) < 4.78 is 0. The SMILES string of the molecule is N=C(c1cccc(O)c1)C(N)c1ccccc1. The Balaban J connectivity index is 2.27. The van der Waals surface area contributed by atoms with Crippen molar-refractivity contribution in [2.24, 2.45) is 5.73 Å². The molecular formula is C14H14N2O. The number of hydrogen-bond donors (Lipinski definition) is 3. The summed E-state index contributed by atoms with van der Waals surface area (Å²) in [5, 5.41) is 17.4. The third kappa shape index (κ3) is 2.52. The highest BCUT2D eigenvalue weighted by atomic mass is 16.3. The Hall–Kier alpha value is -2.13. The predicted octanol–water partition coefficient (Wildman–Crippen LogP) is 2.46. The van der Waals surface area contributed by atoms with E-state index in [0.717, 1.165) is 5.56 Å². The van der Waals surface area contributed by atoms with Gasteiger partial charge in [0.05, 0.1) is 11.8 Å². The zero-order valence-corrected chi connectivity index (χ0v) is 9.30. The molecule has 0 aliphatic rings. The first kappa shape index (κ1) is 11.4. The molecule has 0 bridgehead atoms. The standard InChI is InChI=1S/C14H14N2O/c15-13(10-5-2-1-3-6-10)14(16)11-7-4-8-12(17)9-11/h1-9,13,16-17H,15H2. The van der Waals surface area contributed by atoms with E-state index in [1.54, 1.807) is 24.3 Å². The second-order valence-electron chi connectivity index (χ2n) is 3.85. The van der Waals surface area contributed by atoms with Crippen molar-refractivity contribution in [3.63, 3.8) is 0 Å². The van der Waals surface area contributed by atoms with Crippen molar-refractivity contribution in [3.05, 3.63) is 65.7 Å². The lowest BCUT2D eigenvalue weighted by Gasteiger charge is -2.13. The molecule has 0 radical (unpaired) electrons. The van der Waals surface area contributed by atoms with Gasteiger partial charge < -0.3 is 16.2 Å². The fourth-order valence-electron chi connectivity index (χ4n) is 1.68. The second kappa shape index (κ2) is 4.80. The van der Waals surface area contributed by atoms with E-state index in [1.165, 1.54) is 0 Å². The third-order valence-corrected chi connectivity index (χ3v) is 2.63.